The van der Waals surface area contributed by atoms with Gasteiger partial charge in [0.1, 0.15) is 6.33 Å². The number of halogens is 1. The van der Waals surface area contributed by atoms with Crippen molar-refractivity contribution in [2.24, 2.45) is 17.8 Å². The Hall–Kier alpha value is -2.21. The molecule has 2 aliphatic rings. The molecule has 1 amide bonds. The molecule has 26 heavy (non-hydrogen) atoms. The zero-order valence-corrected chi connectivity index (χ0v) is 15.2. The van der Waals surface area contributed by atoms with Gasteiger partial charge in [0.2, 0.25) is 5.91 Å². The van der Waals surface area contributed by atoms with Crippen LogP contribution in [0.15, 0.2) is 42.7 Å². The zero-order chi connectivity index (χ0) is 17.9. The van der Waals surface area contributed by atoms with Crippen LogP contribution in [-0.2, 0) is 11.3 Å². The molecule has 2 aliphatic carbocycles. The number of carbonyl (C=O) groups excluding carboxylic acids is 1. The molecule has 4 rings (SSSR count). The second kappa shape index (κ2) is 7.58. The van der Waals surface area contributed by atoms with E-state index in [0.717, 1.165) is 18.0 Å². The molecule has 2 aromatic rings. The highest BCUT2D eigenvalue weighted by molar-refractivity contribution is 6.30. The van der Waals surface area contributed by atoms with Crippen molar-refractivity contribution in [3.05, 3.63) is 53.3 Å². The van der Waals surface area contributed by atoms with Crippen LogP contribution in [0.2, 0.25) is 5.02 Å². The second-order valence-corrected chi connectivity index (χ2v) is 7.77. The van der Waals surface area contributed by atoms with Gasteiger partial charge in [-0.2, -0.15) is 0 Å². The van der Waals surface area contributed by atoms with Crippen LogP contribution in [0.4, 0.5) is 0 Å². The molecule has 1 N–H and O–H groups in total. The van der Waals surface area contributed by atoms with Crippen LogP contribution < -0.4 is 5.32 Å². The number of aromatic nitrogens is 4. The quantitative estimate of drug-likeness (QED) is 0.759. The van der Waals surface area contributed by atoms with Crippen molar-refractivity contribution in [1.82, 2.24) is 25.5 Å². The van der Waals surface area contributed by atoms with Gasteiger partial charge in [-0.15, -0.1) is 5.10 Å². The molecule has 1 aromatic heterocycles. The summed E-state index contributed by atoms with van der Waals surface area (Å²) in [4.78, 5) is 12.6. The Morgan fingerprint density at radius 2 is 2.12 bits per heavy atom. The molecule has 136 valence electrons. The summed E-state index contributed by atoms with van der Waals surface area (Å²) < 4.78 is 1.66. The molecule has 2 bridgehead atoms. The lowest BCUT2D eigenvalue weighted by Crippen LogP contribution is -2.32. The number of nitrogens with one attached hydrogen (secondary N) is 1. The van der Waals surface area contributed by atoms with Crippen molar-refractivity contribution < 1.29 is 4.79 Å². The molecule has 1 saturated carbocycles. The molecule has 6 nitrogen and oxygen atoms in total. The second-order valence-electron chi connectivity index (χ2n) is 7.33. The van der Waals surface area contributed by atoms with Crippen molar-refractivity contribution in [3.8, 4) is 0 Å². The van der Waals surface area contributed by atoms with E-state index < -0.39 is 0 Å². The van der Waals surface area contributed by atoms with Gasteiger partial charge >= 0.3 is 0 Å². The Morgan fingerprint density at radius 3 is 2.77 bits per heavy atom. The van der Waals surface area contributed by atoms with E-state index in [4.69, 9.17) is 11.6 Å². The minimum atomic E-state index is -0.00399. The molecule has 0 radical (unpaired) electrons. The first kappa shape index (κ1) is 17.2. The average Bonchev–Trinajstić information content (AvgIpc) is 3.38. The molecule has 1 heterocycles. The van der Waals surface area contributed by atoms with E-state index in [1.54, 1.807) is 11.0 Å². The van der Waals surface area contributed by atoms with E-state index in [2.05, 4.69) is 33.0 Å². The summed E-state index contributed by atoms with van der Waals surface area (Å²) in [5, 5.41) is 15.1. The normalized spacial score (nSPS) is 24.7. The van der Waals surface area contributed by atoms with Gasteiger partial charge in [0, 0.05) is 23.9 Å². The first-order chi connectivity index (χ1) is 12.7. The lowest BCUT2D eigenvalue weighted by molar-refractivity contribution is -0.121. The molecule has 1 aromatic carbocycles. The molecule has 0 spiro atoms. The van der Waals surface area contributed by atoms with Crippen LogP contribution >= 0.6 is 11.6 Å². The van der Waals surface area contributed by atoms with Crippen molar-refractivity contribution in [1.29, 1.82) is 0 Å². The van der Waals surface area contributed by atoms with Crippen LogP contribution in [0, 0.1) is 17.8 Å². The topological polar surface area (TPSA) is 72.7 Å². The van der Waals surface area contributed by atoms with E-state index >= 15 is 0 Å². The number of hydrogen-bond donors (Lipinski definition) is 1. The summed E-state index contributed by atoms with van der Waals surface area (Å²) in [5.74, 6) is 2.03. The lowest BCUT2D eigenvalue weighted by Gasteiger charge is -2.20. The maximum absolute atomic E-state index is 12.6. The first-order valence-electron chi connectivity index (χ1n) is 9.08. The van der Waals surface area contributed by atoms with E-state index in [1.807, 2.05) is 24.3 Å². The minimum absolute atomic E-state index is 0.00399. The van der Waals surface area contributed by atoms with Crippen molar-refractivity contribution in [3.63, 3.8) is 0 Å². The minimum Gasteiger partial charge on any atom is -0.356 e. The third-order valence-corrected chi connectivity index (χ3v) is 5.80. The number of amides is 1. The van der Waals surface area contributed by atoms with Gasteiger partial charge in [0.15, 0.2) is 0 Å². The van der Waals surface area contributed by atoms with Crippen molar-refractivity contribution in [2.75, 3.05) is 6.54 Å². The maximum atomic E-state index is 12.6. The lowest BCUT2D eigenvalue weighted by atomic mass is 9.93. The molecule has 0 unspecified atom stereocenters. The van der Waals surface area contributed by atoms with Crippen LogP contribution in [0.5, 0.6) is 0 Å². The average molecular weight is 372 g/mol. The van der Waals surface area contributed by atoms with Gasteiger partial charge in [-0.25, -0.2) is 4.68 Å². The Kier molecular flexibility index (Phi) is 5.02. The number of tetrazole rings is 1. The van der Waals surface area contributed by atoms with Crippen molar-refractivity contribution >= 4 is 17.5 Å². The number of benzene rings is 1. The van der Waals surface area contributed by atoms with E-state index in [9.17, 15) is 4.79 Å². The number of fused-ring (bicyclic) bond motifs is 2. The van der Waals surface area contributed by atoms with Gasteiger partial charge in [0.05, 0.1) is 6.54 Å². The highest BCUT2D eigenvalue weighted by Crippen LogP contribution is 2.42. The van der Waals surface area contributed by atoms with Gasteiger partial charge in [-0.1, -0.05) is 35.9 Å². The van der Waals surface area contributed by atoms with Gasteiger partial charge in [-0.05, 0) is 58.7 Å². The highest BCUT2D eigenvalue weighted by Gasteiger charge is 2.35. The molecule has 7 heteroatoms. The maximum Gasteiger partial charge on any atom is 0.220 e. The predicted octanol–water partition coefficient (Wildman–Crippen LogP) is 2.83. The SMILES string of the molecule is O=C(C[C@H](Cn1cnnn1)c1ccc(Cl)cc1)NC[C@H]1C[C@@H]2C=C[C@H]1C2. The van der Waals surface area contributed by atoms with Gasteiger partial charge in [0.25, 0.3) is 0 Å². The number of rotatable bonds is 7. The first-order valence-corrected chi connectivity index (χ1v) is 9.46. The smallest absolute Gasteiger partial charge is 0.220 e. The van der Waals surface area contributed by atoms with Crippen LogP contribution in [0.3, 0.4) is 0 Å². The molecule has 4 atom stereocenters. The Labute approximate surface area is 157 Å². The predicted molar refractivity (Wildman–Crippen MR) is 98.5 cm³/mol. The number of carbonyl (C=O) groups is 1. The van der Waals surface area contributed by atoms with Gasteiger partial charge in [-0.3, -0.25) is 4.79 Å². The zero-order valence-electron chi connectivity index (χ0n) is 14.5. The number of hydrogen-bond acceptors (Lipinski definition) is 4. The monoisotopic (exact) mass is 371 g/mol. The molecular formula is C19H22ClN5O. The van der Waals surface area contributed by atoms with Crippen molar-refractivity contribution in [2.45, 2.75) is 31.7 Å². The van der Waals surface area contributed by atoms with E-state index in [0.29, 0.717) is 29.8 Å². The largest absolute Gasteiger partial charge is 0.356 e. The Morgan fingerprint density at radius 1 is 1.27 bits per heavy atom. The third-order valence-electron chi connectivity index (χ3n) is 5.55. The fraction of sp³-hybridized carbons (Fsp3) is 0.474. The van der Waals surface area contributed by atoms with Crippen LogP contribution in [0.25, 0.3) is 0 Å². The third kappa shape index (κ3) is 3.96. The summed E-state index contributed by atoms with van der Waals surface area (Å²) >= 11 is 6.00. The fourth-order valence-corrected chi connectivity index (χ4v) is 4.31. The van der Waals surface area contributed by atoms with Crippen LogP contribution in [0.1, 0.15) is 30.7 Å². The van der Waals surface area contributed by atoms with Crippen LogP contribution in [-0.4, -0.2) is 32.7 Å². The summed E-state index contributed by atoms with van der Waals surface area (Å²) in [7, 11) is 0. The summed E-state index contributed by atoms with van der Waals surface area (Å²) in [5.41, 5.74) is 1.06. The summed E-state index contributed by atoms with van der Waals surface area (Å²) in [6, 6.07) is 7.63. The molecule has 0 saturated heterocycles. The molecule has 1 fully saturated rings. The van der Waals surface area contributed by atoms with E-state index in [1.165, 1.54) is 12.8 Å². The summed E-state index contributed by atoms with van der Waals surface area (Å²) in [6.07, 6.45) is 9.07. The Bertz CT molecular complexity index is 774. The molecular weight excluding hydrogens is 350 g/mol. The van der Waals surface area contributed by atoms with E-state index in [-0.39, 0.29) is 11.8 Å². The van der Waals surface area contributed by atoms with Gasteiger partial charge < -0.3 is 5.32 Å². The fourth-order valence-electron chi connectivity index (χ4n) is 4.18. The standard InChI is InChI=1S/C19H22ClN5O/c20-18-5-3-14(4-6-18)17(11-25-12-22-23-24-25)9-19(26)21-10-16-8-13-1-2-15(16)7-13/h1-6,12-13,15-17H,7-11H2,(H,21,26)/t13-,15+,16-,17-/m1/s1. The molecule has 0 aliphatic heterocycles. The Balaban J connectivity index is 1.38. The highest BCUT2D eigenvalue weighted by atomic mass is 35.5. The summed E-state index contributed by atoms with van der Waals surface area (Å²) in [6.45, 7) is 1.32. The number of allylic oxidation sites excluding steroid dienone is 2. The number of nitrogens with zero attached hydrogens (tertiary/aromatic N) is 4.